The zero-order valence-electron chi connectivity index (χ0n) is 14.0. The maximum Gasteiger partial charge on any atom is 0.238 e. The number of amides is 1. The fourth-order valence-electron chi connectivity index (χ4n) is 2.34. The van der Waals surface area contributed by atoms with Crippen LogP contribution in [0.5, 0.6) is 11.5 Å². The summed E-state index contributed by atoms with van der Waals surface area (Å²) in [7, 11) is 5.08. The second-order valence-electron chi connectivity index (χ2n) is 5.39. The van der Waals surface area contributed by atoms with E-state index in [4.69, 9.17) is 21.1 Å². The van der Waals surface area contributed by atoms with Crippen LogP contribution in [0.15, 0.2) is 42.5 Å². The van der Waals surface area contributed by atoms with Crippen molar-refractivity contribution in [1.82, 2.24) is 4.90 Å². The van der Waals surface area contributed by atoms with Crippen molar-refractivity contribution in [2.45, 2.75) is 6.54 Å². The highest BCUT2D eigenvalue weighted by atomic mass is 35.5. The van der Waals surface area contributed by atoms with Crippen molar-refractivity contribution in [2.75, 3.05) is 33.1 Å². The van der Waals surface area contributed by atoms with E-state index in [2.05, 4.69) is 5.32 Å². The molecule has 0 aliphatic heterocycles. The second kappa shape index (κ2) is 8.57. The van der Waals surface area contributed by atoms with Gasteiger partial charge < -0.3 is 14.8 Å². The Kier molecular flexibility index (Phi) is 6.46. The number of nitrogens with zero attached hydrogens (tertiary/aromatic N) is 1. The third kappa shape index (κ3) is 4.88. The molecule has 5 nitrogen and oxygen atoms in total. The highest BCUT2D eigenvalue weighted by Gasteiger charge is 2.11. The topological polar surface area (TPSA) is 50.8 Å². The molecule has 0 saturated heterocycles. The molecule has 0 aromatic heterocycles. The number of benzene rings is 2. The van der Waals surface area contributed by atoms with Gasteiger partial charge in [0.2, 0.25) is 5.91 Å². The number of methoxy groups -OCH3 is 2. The summed E-state index contributed by atoms with van der Waals surface area (Å²) >= 11 is 6.04. The van der Waals surface area contributed by atoms with E-state index in [1.807, 2.05) is 42.3 Å². The minimum atomic E-state index is -0.119. The fourth-order valence-corrected chi connectivity index (χ4v) is 2.53. The van der Waals surface area contributed by atoms with Crippen LogP contribution in [-0.4, -0.2) is 38.6 Å². The summed E-state index contributed by atoms with van der Waals surface area (Å²) in [6.07, 6.45) is 0. The van der Waals surface area contributed by atoms with Crippen molar-refractivity contribution in [3.63, 3.8) is 0 Å². The van der Waals surface area contributed by atoms with Crippen LogP contribution in [0.2, 0.25) is 5.02 Å². The van der Waals surface area contributed by atoms with E-state index in [9.17, 15) is 4.79 Å². The minimum Gasteiger partial charge on any atom is -0.493 e. The molecule has 0 atom stereocenters. The van der Waals surface area contributed by atoms with Crippen LogP contribution in [0, 0.1) is 0 Å². The molecule has 1 N–H and O–H groups in total. The number of hydrogen-bond donors (Lipinski definition) is 1. The van der Waals surface area contributed by atoms with Gasteiger partial charge in [-0.1, -0.05) is 29.8 Å². The summed E-state index contributed by atoms with van der Waals surface area (Å²) in [6, 6.07) is 12.9. The molecule has 0 bridgehead atoms. The number of rotatable bonds is 7. The largest absolute Gasteiger partial charge is 0.493 e. The lowest BCUT2D eigenvalue weighted by Crippen LogP contribution is -2.29. The number of hydrogen-bond acceptors (Lipinski definition) is 4. The smallest absolute Gasteiger partial charge is 0.238 e. The van der Waals surface area contributed by atoms with Crippen molar-refractivity contribution >= 4 is 23.2 Å². The van der Waals surface area contributed by atoms with Gasteiger partial charge in [0.05, 0.1) is 31.5 Å². The summed E-state index contributed by atoms with van der Waals surface area (Å²) < 4.78 is 10.5. The lowest BCUT2D eigenvalue weighted by molar-refractivity contribution is -0.117. The lowest BCUT2D eigenvalue weighted by atomic mass is 10.2. The summed E-state index contributed by atoms with van der Waals surface area (Å²) in [6.45, 7) is 0.857. The number of halogens is 1. The van der Waals surface area contributed by atoms with E-state index >= 15 is 0 Å². The standard InChI is InChI=1S/C18H21ClN2O3/c1-21(11-13-8-9-16(23-2)17(10-13)24-3)12-18(22)20-15-7-5-4-6-14(15)19/h4-10H,11-12H2,1-3H3,(H,20,22). The van der Waals surface area contributed by atoms with Crippen LogP contribution in [0.3, 0.4) is 0 Å². The molecule has 0 saturated carbocycles. The number of carbonyl (C=O) groups is 1. The van der Waals surface area contributed by atoms with Crippen molar-refractivity contribution in [1.29, 1.82) is 0 Å². The van der Waals surface area contributed by atoms with Gasteiger partial charge in [-0.25, -0.2) is 0 Å². The monoisotopic (exact) mass is 348 g/mol. The quantitative estimate of drug-likeness (QED) is 0.833. The Hall–Kier alpha value is -2.24. The van der Waals surface area contributed by atoms with Crippen LogP contribution >= 0.6 is 11.6 Å². The number of ether oxygens (including phenoxy) is 2. The van der Waals surface area contributed by atoms with Gasteiger partial charge in [0.1, 0.15) is 0 Å². The number of nitrogens with one attached hydrogen (secondary N) is 1. The molecule has 6 heteroatoms. The van der Waals surface area contributed by atoms with Crippen LogP contribution in [0.1, 0.15) is 5.56 Å². The normalized spacial score (nSPS) is 10.5. The van der Waals surface area contributed by atoms with Gasteiger partial charge in [-0.05, 0) is 36.9 Å². The van der Waals surface area contributed by atoms with Crippen LogP contribution in [-0.2, 0) is 11.3 Å². The number of anilines is 1. The predicted molar refractivity (Wildman–Crippen MR) is 96.0 cm³/mol. The second-order valence-corrected chi connectivity index (χ2v) is 5.80. The minimum absolute atomic E-state index is 0.119. The first-order valence-corrected chi connectivity index (χ1v) is 7.85. The van der Waals surface area contributed by atoms with Gasteiger partial charge in [0, 0.05) is 6.54 Å². The third-order valence-corrected chi connectivity index (χ3v) is 3.79. The highest BCUT2D eigenvalue weighted by molar-refractivity contribution is 6.33. The summed E-state index contributed by atoms with van der Waals surface area (Å²) in [4.78, 5) is 14.0. The average Bonchev–Trinajstić information content (AvgIpc) is 2.56. The van der Waals surface area contributed by atoms with E-state index in [0.717, 1.165) is 5.56 Å². The average molecular weight is 349 g/mol. The molecule has 0 radical (unpaired) electrons. The van der Waals surface area contributed by atoms with Gasteiger partial charge in [-0.3, -0.25) is 9.69 Å². The van der Waals surface area contributed by atoms with E-state index < -0.39 is 0 Å². The maximum atomic E-state index is 12.1. The predicted octanol–water partition coefficient (Wildman–Crippen LogP) is 3.43. The molecule has 128 valence electrons. The molecule has 0 aliphatic carbocycles. The molecule has 1 amide bonds. The number of likely N-dealkylation sites (N-methyl/N-ethyl adjacent to an activating group) is 1. The lowest BCUT2D eigenvalue weighted by Gasteiger charge is -2.17. The summed E-state index contributed by atoms with van der Waals surface area (Å²) in [5.74, 6) is 1.23. The van der Waals surface area contributed by atoms with Crippen molar-refractivity contribution in [3.05, 3.63) is 53.1 Å². The Morgan fingerprint density at radius 1 is 1.12 bits per heavy atom. The summed E-state index contributed by atoms with van der Waals surface area (Å²) in [5, 5.41) is 3.33. The number of carbonyl (C=O) groups excluding carboxylic acids is 1. The first-order valence-electron chi connectivity index (χ1n) is 7.47. The molecule has 0 spiro atoms. The van der Waals surface area contributed by atoms with Crippen LogP contribution in [0.25, 0.3) is 0 Å². The molecule has 24 heavy (non-hydrogen) atoms. The fraction of sp³-hybridized carbons (Fsp3) is 0.278. The molecule has 0 fully saturated rings. The molecule has 0 unspecified atom stereocenters. The van der Waals surface area contributed by atoms with E-state index in [1.165, 1.54) is 0 Å². The van der Waals surface area contributed by atoms with Gasteiger partial charge in [-0.15, -0.1) is 0 Å². The van der Waals surface area contributed by atoms with Crippen LogP contribution in [0.4, 0.5) is 5.69 Å². The van der Waals surface area contributed by atoms with Gasteiger partial charge in [0.25, 0.3) is 0 Å². The van der Waals surface area contributed by atoms with Gasteiger partial charge in [-0.2, -0.15) is 0 Å². The molecule has 2 rings (SSSR count). The third-order valence-electron chi connectivity index (χ3n) is 3.46. The Bertz CT molecular complexity index is 706. The Balaban J connectivity index is 1.94. The zero-order chi connectivity index (χ0) is 17.5. The van der Waals surface area contributed by atoms with Crippen LogP contribution < -0.4 is 14.8 Å². The van der Waals surface area contributed by atoms with Crippen molar-refractivity contribution in [2.24, 2.45) is 0 Å². The van der Waals surface area contributed by atoms with Crippen molar-refractivity contribution in [3.8, 4) is 11.5 Å². The molecule has 0 aliphatic rings. The number of para-hydroxylation sites is 1. The molecular weight excluding hydrogens is 328 g/mol. The van der Waals surface area contributed by atoms with E-state index in [0.29, 0.717) is 28.8 Å². The summed E-state index contributed by atoms with van der Waals surface area (Å²) in [5.41, 5.74) is 1.64. The molecular formula is C18H21ClN2O3. The van der Waals surface area contributed by atoms with E-state index in [1.54, 1.807) is 26.4 Å². The molecule has 0 heterocycles. The molecule has 2 aromatic carbocycles. The first-order chi connectivity index (χ1) is 11.5. The van der Waals surface area contributed by atoms with Gasteiger partial charge in [0.15, 0.2) is 11.5 Å². The Morgan fingerprint density at radius 2 is 1.83 bits per heavy atom. The van der Waals surface area contributed by atoms with Crippen molar-refractivity contribution < 1.29 is 14.3 Å². The maximum absolute atomic E-state index is 12.1. The molecule has 2 aromatic rings. The zero-order valence-corrected chi connectivity index (χ0v) is 14.8. The Labute approximate surface area is 147 Å². The van der Waals surface area contributed by atoms with Gasteiger partial charge >= 0.3 is 0 Å². The highest BCUT2D eigenvalue weighted by Crippen LogP contribution is 2.28. The first kappa shape index (κ1) is 18.1. The van der Waals surface area contributed by atoms with E-state index in [-0.39, 0.29) is 12.5 Å². The SMILES string of the molecule is COc1ccc(CN(C)CC(=O)Nc2ccccc2Cl)cc1OC. The Morgan fingerprint density at radius 3 is 2.50 bits per heavy atom.